The average Bonchev–Trinajstić information content (AvgIpc) is 2.30. The van der Waals surface area contributed by atoms with Gasteiger partial charge in [-0.3, -0.25) is 4.79 Å². The highest BCUT2D eigenvalue weighted by Gasteiger charge is 2.37. The molecule has 3 nitrogen and oxygen atoms in total. The zero-order chi connectivity index (χ0) is 14.5. The summed E-state index contributed by atoms with van der Waals surface area (Å²) in [6, 6.07) is 6.23. The third-order valence-corrected chi connectivity index (χ3v) is 2.24. The van der Waals surface area contributed by atoms with Crippen LogP contribution >= 0.6 is 0 Å². The Hall–Kier alpha value is -1.85. The Bertz CT molecular complexity index is 464. The van der Waals surface area contributed by atoms with Crippen molar-refractivity contribution in [3.63, 3.8) is 0 Å². The monoisotopic (exact) mass is 273 g/mol. The summed E-state index contributed by atoms with van der Waals surface area (Å²) in [6.45, 7) is 3.38. The van der Waals surface area contributed by atoms with E-state index in [0.717, 1.165) is 5.56 Å². The SMILES string of the molecule is CCOC(=O)CC(=Nc1ccc(C)cc1)C(F)(F)F. The standard InChI is InChI=1S/C13H14F3NO2/c1-3-19-12(18)8-11(13(14,15)16)17-10-6-4-9(2)5-7-10/h4-7H,3,8H2,1-2H3. The fraction of sp³-hybridized carbons (Fsp3) is 0.385. The maximum Gasteiger partial charge on any atom is 0.430 e. The molecule has 0 saturated carbocycles. The lowest BCUT2D eigenvalue weighted by Gasteiger charge is -2.10. The predicted octanol–water partition coefficient (Wildman–Crippen LogP) is 3.58. The molecule has 0 spiro atoms. The van der Waals surface area contributed by atoms with Gasteiger partial charge < -0.3 is 4.74 Å². The first kappa shape index (κ1) is 15.2. The van der Waals surface area contributed by atoms with Crippen LogP contribution in [-0.2, 0) is 9.53 Å². The topological polar surface area (TPSA) is 38.7 Å². The lowest BCUT2D eigenvalue weighted by atomic mass is 10.2. The molecule has 6 heteroatoms. The highest BCUT2D eigenvalue weighted by atomic mass is 19.4. The van der Waals surface area contributed by atoms with Gasteiger partial charge in [0, 0.05) is 0 Å². The van der Waals surface area contributed by atoms with Crippen LogP contribution < -0.4 is 0 Å². The number of halogens is 3. The summed E-state index contributed by atoms with van der Waals surface area (Å²) in [7, 11) is 0. The van der Waals surface area contributed by atoms with Crippen LogP contribution in [0.15, 0.2) is 29.3 Å². The summed E-state index contributed by atoms with van der Waals surface area (Å²) in [5, 5.41) is 0. The number of alkyl halides is 3. The first-order valence-corrected chi connectivity index (χ1v) is 5.70. The van der Waals surface area contributed by atoms with Gasteiger partial charge >= 0.3 is 12.1 Å². The number of carbonyl (C=O) groups is 1. The lowest BCUT2D eigenvalue weighted by Crippen LogP contribution is -2.26. The zero-order valence-electron chi connectivity index (χ0n) is 10.6. The van der Waals surface area contributed by atoms with Gasteiger partial charge in [0.15, 0.2) is 0 Å². The van der Waals surface area contributed by atoms with Gasteiger partial charge in [0.25, 0.3) is 0 Å². The van der Waals surface area contributed by atoms with Gasteiger partial charge in [-0.1, -0.05) is 17.7 Å². The number of ether oxygens (including phenoxy) is 1. The number of aryl methyl sites for hydroxylation is 1. The molecule has 0 atom stereocenters. The molecule has 104 valence electrons. The van der Waals surface area contributed by atoms with Crippen LogP contribution in [0.3, 0.4) is 0 Å². The molecule has 0 radical (unpaired) electrons. The van der Waals surface area contributed by atoms with E-state index in [1.54, 1.807) is 12.1 Å². The van der Waals surface area contributed by atoms with Gasteiger partial charge in [-0.2, -0.15) is 13.2 Å². The molecule has 0 N–H and O–H groups in total. The van der Waals surface area contributed by atoms with E-state index in [0.29, 0.717) is 0 Å². The van der Waals surface area contributed by atoms with Crippen molar-refractivity contribution in [3.05, 3.63) is 29.8 Å². The van der Waals surface area contributed by atoms with Gasteiger partial charge in [-0.05, 0) is 26.0 Å². The summed E-state index contributed by atoms with van der Waals surface area (Å²) < 4.78 is 42.7. The summed E-state index contributed by atoms with van der Waals surface area (Å²) in [4.78, 5) is 14.6. The Morgan fingerprint density at radius 3 is 2.32 bits per heavy atom. The zero-order valence-corrected chi connectivity index (χ0v) is 10.6. The van der Waals surface area contributed by atoms with Crippen molar-refractivity contribution in [3.8, 4) is 0 Å². The Morgan fingerprint density at radius 1 is 1.26 bits per heavy atom. The maximum absolute atomic E-state index is 12.7. The van der Waals surface area contributed by atoms with Crippen LogP contribution in [0.2, 0.25) is 0 Å². The highest BCUT2D eigenvalue weighted by molar-refractivity contribution is 6.03. The highest BCUT2D eigenvalue weighted by Crippen LogP contribution is 2.24. The molecule has 0 fully saturated rings. The number of hydrogen-bond acceptors (Lipinski definition) is 3. The van der Waals surface area contributed by atoms with E-state index in [1.807, 2.05) is 6.92 Å². The van der Waals surface area contributed by atoms with E-state index in [9.17, 15) is 18.0 Å². The Balaban J connectivity index is 2.97. The van der Waals surface area contributed by atoms with Crippen molar-refractivity contribution in [2.75, 3.05) is 6.61 Å². The number of hydrogen-bond donors (Lipinski definition) is 0. The molecule has 0 aliphatic rings. The predicted molar refractivity (Wildman–Crippen MR) is 65.6 cm³/mol. The third-order valence-electron chi connectivity index (χ3n) is 2.24. The number of esters is 1. The number of aliphatic imine (C=N–C) groups is 1. The normalized spacial score (nSPS) is 12.4. The van der Waals surface area contributed by atoms with Crippen LogP contribution in [0.4, 0.5) is 18.9 Å². The minimum Gasteiger partial charge on any atom is -0.466 e. The lowest BCUT2D eigenvalue weighted by molar-refractivity contribution is -0.142. The van der Waals surface area contributed by atoms with E-state index < -0.39 is 24.3 Å². The van der Waals surface area contributed by atoms with Crippen molar-refractivity contribution >= 4 is 17.4 Å². The molecule has 19 heavy (non-hydrogen) atoms. The Labute approximate surface area is 109 Å². The largest absolute Gasteiger partial charge is 0.466 e. The summed E-state index contributed by atoms with van der Waals surface area (Å²) in [5.74, 6) is -0.939. The minimum absolute atomic E-state index is 0.0362. The molecular weight excluding hydrogens is 259 g/mol. The van der Waals surface area contributed by atoms with E-state index in [-0.39, 0.29) is 12.3 Å². The van der Waals surface area contributed by atoms with Crippen LogP contribution in [0.25, 0.3) is 0 Å². The molecular formula is C13H14F3NO2. The summed E-state index contributed by atoms with van der Waals surface area (Å²) in [6.07, 6.45) is -5.54. The molecule has 1 rings (SSSR count). The van der Waals surface area contributed by atoms with Crippen molar-refractivity contribution in [1.82, 2.24) is 0 Å². The average molecular weight is 273 g/mol. The van der Waals surface area contributed by atoms with Crippen molar-refractivity contribution in [1.29, 1.82) is 0 Å². The molecule has 0 bridgehead atoms. The smallest absolute Gasteiger partial charge is 0.430 e. The molecule has 0 aliphatic heterocycles. The molecule has 0 unspecified atom stereocenters. The van der Waals surface area contributed by atoms with E-state index in [1.165, 1.54) is 19.1 Å². The van der Waals surface area contributed by atoms with Crippen LogP contribution in [0, 0.1) is 6.92 Å². The number of nitrogens with zero attached hydrogens (tertiary/aromatic N) is 1. The molecule has 0 amide bonds. The second kappa shape index (κ2) is 6.36. The fourth-order valence-corrected chi connectivity index (χ4v) is 1.33. The van der Waals surface area contributed by atoms with Gasteiger partial charge in [-0.15, -0.1) is 0 Å². The molecule has 0 heterocycles. The quantitative estimate of drug-likeness (QED) is 0.621. The molecule has 0 saturated heterocycles. The molecule has 0 aliphatic carbocycles. The minimum atomic E-state index is -4.66. The maximum atomic E-state index is 12.7. The van der Waals surface area contributed by atoms with E-state index in [4.69, 9.17) is 0 Å². The van der Waals surface area contributed by atoms with Crippen molar-refractivity contribution in [2.45, 2.75) is 26.4 Å². The van der Waals surface area contributed by atoms with Crippen molar-refractivity contribution in [2.24, 2.45) is 4.99 Å². The Morgan fingerprint density at radius 2 is 1.84 bits per heavy atom. The van der Waals surface area contributed by atoms with Crippen LogP contribution in [0.1, 0.15) is 18.9 Å². The van der Waals surface area contributed by atoms with Gasteiger partial charge in [0.05, 0.1) is 18.7 Å². The van der Waals surface area contributed by atoms with Gasteiger partial charge in [0.1, 0.15) is 5.71 Å². The second-order valence-electron chi connectivity index (χ2n) is 3.87. The number of rotatable bonds is 4. The summed E-state index contributed by atoms with van der Waals surface area (Å²) >= 11 is 0. The van der Waals surface area contributed by atoms with Gasteiger partial charge in [-0.25, -0.2) is 4.99 Å². The number of carbonyl (C=O) groups excluding carboxylic acids is 1. The molecule has 1 aromatic rings. The fourth-order valence-electron chi connectivity index (χ4n) is 1.33. The van der Waals surface area contributed by atoms with Crippen LogP contribution in [-0.4, -0.2) is 24.5 Å². The van der Waals surface area contributed by atoms with E-state index >= 15 is 0 Å². The first-order valence-electron chi connectivity index (χ1n) is 5.70. The van der Waals surface area contributed by atoms with E-state index in [2.05, 4.69) is 9.73 Å². The molecule has 0 aromatic heterocycles. The summed E-state index contributed by atoms with van der Waals surface area (Å²) in [5.41, 5.74) is -0.0880. The third kappa shape index (κ3) is 5.11. The number of benzene rings is 1. The van der Waals surface area contributed by atoms with Gasteiger partial charge in [0.2, 0.25) is 0 Å². The van der Waals surface area contributed by atoms with Crippen LogP contribution in [0.5, 0.6) is 0 Å². The molecule has 1 aromatic carbocycles. The first-order chi connectivity index (χ1) is 8.82. The van der Waals surface area contributed by atoms with Crippen molar-refractivity contribution < 1.29 is 22.7 Å². The second-order valence-corrected chi connectivity index (χ2v) is 3.87. The Kier molecular flexibility index (Phi) is 5.09.